The quantitative estimate of drug-likeness (QED) is 0.649. The topological polar surface area (TPSA) is 45.9 Å². The molecule has 0 radical (unpaired) electrons. The van der Waals surface area contributed by atoms with Gasteiger partial charge in [-0.05, 0) is 18.9 Å². The Labute approximate surface area is 77.0 Å². The smallest absolute Gasteiger partial charge is 0.181 e. The van der Waals surface area contributed by atoms with Crippen molar-refractivity contribution >= 4 is 0 Å². The van der Waals surface area contributed by atoms with E-state index in [0.717, 1.165) is 18.4 Å². The fraction of sp³-hybridized carbons (Fsp3) is 0.400. The Morgan fingerprint density at radius 1 is 1.62 bits per heavy atom. The van der Waals surface area contributed by atoms with Crippen molar-refractivity contribution in [2.75, 3.05) is 6.61 Å². The number of hydrogen-bond donors (Lipinski definition) is 0. The number of aromatic nitrogens is 1. The van der Waals surface area contributed by atoms with E-state index in [1.54, 1.807) is 12.4 Å². The molecular weight excluding hydrogens is 164 g/mol. The van der Waals surface area contributed by atoms with Crippen LogP contribution < -0.4 is 0 Å². The minimum Gasteiger partial charge on any atom is -0.356 e. The average Bonchev–Trinajstić information content (AvgIpc) is 2.69. The molecule has 1 atom stereocenters. The van der Waals surface area contributed by atoms with Gasteiger partial charge in [-0.2, -0.15) is 5.26 Å². The number of rotatable bonds is 1. The summed E-state index contributed by atoms with van der Waals surface area (Å²) in [5, 5.41) is 9.07. The van der Waals surface area contributed by atoms with Gasteiger partial charge >= 0.3 is 0 Å². The molecule has 1 saturated heterocycles. The molecule has 1 aliphatic rings. The van der Waals surface area contributed by atoms with Gasteiger partial charge in [-0.1, -0.05) is 6.07 Å². The molecule has 0 aromatic carbocycles. The van der Waals surface area contributed by atoms with Crippen LogP contribution in [0.25, 0.3) is 0 Å². The second-order valence-electron chi connectivity index (χ2n) is 3.13. The number of nitriles is 1. The second-order valence-corrected chi connectivity index (χ2v) is 3.13. The van der Waals surface area contributed by atoms with Crippen molar-refractivity contribution in [1.29, 1.82) is 5.26 Å². The lowest BCUT2D eigenvalue weighted by Crippen LogP contribution is -2.22. The minimum absolute atomic E-state index is 0.669. The highest BCUT2D eigenvalue weighted by Gasteiger charge is 2.37. The van der Waals surface area contributed by atoms with Crippen LogP contribution in [0.15, 0.2) is 24.5 Å². The lowest BCUT2D eigenvalue weighted by atomic mass is 9.94. The van der Waals surface area contributed by atoms with Crippen LogP contribution in [0.5, 0.6) is 0 Å². The molecule has 1 aromatic rings. The third-order valence-corrected chi connectivity index (χ3v) is 2.33. The van der Waals surface area contributed by atoms with E-state index in [1.807, 2.05) is 12.1 Å². The maximum atomic E-state index is 9.07. The summed E-state index contributed by atoms with van der Waals surface area (Å²) < 4.78 is 5.47. The van der Waals surface area contributed by atoms with Crippen molar-refractivity contribution in [1.82, 2.24) is 4.98 Å². The zero-order chi connectivity index (χ0) is 9.15. The molecule has 1 aliphatic heterocycles. The van der Waals surface area contributed by atoms with Crippen LogP contribution in [0.1, 0.15) is 18.4 Å². The van der Waals surface area contributed by atoms with E-state index in [9.17, 15) is 0 Å². The van der Waals surface area contributed by atoms with E-state index >= 15 is 0 Å². The van der Waals surface area contributed by atoms with E-state index in [1.165, 1.54) is 0 Å². The van der Waals surface area contributed by atoms with E-state index in [0.29, 0.717) is 6.61 Å². The molecule has 0 bridgehead atoms. The SMILES string of the molecule is N#CC1(c2cccnc2)CCCO1. The molecule has 2 heterocycles. The summed E-state index contributed by atoms with van der Waals surface area (Å²) in [6.07, 6.45) is 5.12. The normalized spacial score (nSPS) is 27.0. The van der Waals surface area contributed by atoms with Crippen LogP contribution in [0.4, 0.5) is 0 Å². The summed E-state index contributed by atoms with van der Waals surface area (Å²) >= 11 is 0. The fourth-order valence-electron chi connectivity index (χ4n) is 1.62. The molecule has 1 fully saturated rings. The Hall–Kier alpha value is -1.40. The standard InChI is InChI=1S/C10H10N2O/c11-8-10(4-2-6-13-10)9-3-1-5-12-7-9/h1,3,5,7H,2,4,6H2. The number of pyridine rings is 1. The average molecular weight is 174 g/mol. The Morgan fingerprint density at radius 3 is 3.08 bits per heavy atom. The van der Waals surface area contributed by atoms with Crippen molar-refractivity contribution in [3.63, 3.8) is 0 Å². The molecule has 1 aromatic heterocycles. The van der Waals surface area contributed by atoms with Gasteiger partial charge in [0.15, 0.2) is 5.60 Å². The summed E-state index contributed by atoms with van der Waals surface area (Å²) in [6.45, 7) is 0.669. The second kappa shape index (κ2) is 3.15. The van der Waals surface area contributed by atoms with Crippen LogP contribution in [-0.4, -0.2) is 11.6 Å². The maximum Gasteiger partial charge on any atom is 0.181 e. The predicted octanol–water partition coefficient (Wildman–Crippen LogP) is 1.61. The van der Waals surface area contributed by atoms with Gasteiger partial charge in [-0.15, -0.1) is 0 Å². The summed E-state index contributed by atoms with van der Waals surface area (Å²) in [6, 6.07) is 5.95. The number of hydrogen-bond acceptors (Lipinski definition) is 3. The van der Waals surface area contributed by atoms with E-state index in [4.69, 9.17) is 10.00 Å². The molecule has 0 saturated carbocycles. The van der Waals surface area contributed by atoms with Crippen LogP contribution >= 0.6 is 0 Å². The highest BCUT2D eigenvalue weighted by Crippen LogP contribution is 2.34. The van der Waals surface area contributed by atoms with Gasteiger partial charge in [0.1, 0.15) is 6.07 Å². The van der Waals surface area contributed by atoms with Crippen molar-refractivity contribution in [3.8, 4) is 6.07 Å². The molecule has 3 heteroatoms. The van der Waals surface area contributed by atoms with Gasteiger partial charge in [0, 0.05) is 24.6 Å². The lowest BCUT2D eigenvalue weighted by molar-refractivity contribution is 0.0492. The van der Waals surface area contributed by atoms with Gasteiger partial charge in [0.2, 0.25) is 0 Å². The monoisotopic (exact) mass is 174 g/mol. The van der Waals surface area contributed by atoms with E-state index < -0.39 is 5.60 Å². The van der Waals surface area contributed by atoms with E-state index in [-0.39, 0.29) is 0 Å². The van der Waals surface area contributed by atoms with Crippen LogP contribution in [-0.2, 0) is 10.3 Å². The minimum atomic E-state index is -0.728. The van der Waals surface area contributed by atoms with Crippen LogP contribution in [0.2, 0.25) is 0 Å². The molecule has 0 aliphatic carbocycles. The largest absolute Gasteiger partial charge is 0.356 e. The molecule has 13 heavy (non-hydrogen) atoms. The fourth-order valence-corrected chi connectivity index (χ4v) is 1.62. The molecule has 1 unspecified atom stereocenters. The molecular formula is C10H10N2O. The number of ether oxygens (including phenoxy) is 1. The summed E-state index contributed by atoms with van der Waals surface area (Å²) in [5.41, 5.74) is 0.142. The van der Waals surface area contributed by atoms with Gasteiger partial charge in [0.05, 0.1) is 0 Å². The summed E-state index contributed by atoms with van der Waals surface area (Å²) in [7, 11) is 0. The van der Waals surface area contributed by atoms with Crippen molar-refractivity contribution < 1.29 is 4.74 Å². The van der Waals surface area contributed by atoms with Crippen molar-refractivity contribution in [2.45, 2.75) is 18.4 Å². The zero-order valence-corrected chi connectivity index (χ0v) is 7.23. The highest BCUT2D eigenvalue weighted by atomic mass is 16.5. The molecule has 0 N–H and O–H groups in total. The predicted molar refractivity (Wildman–Crippen MR) is 46.7 cm³/mol. The molecule has 66 valence electrons. The van der Waals surface area contributed by atoms with Gasteiger partial charge in [0.25, 0.3) is 0 Å². The lowest BCUT2D eigenvalue weighted by Gasteiger charge is -2.19. The molecule has 2 rings (SSSR count). The first kappa shape index (κ1) is 8.21. The summed E-state index contributed by atoms with van der Waals surface area (Å²) in [4.78, 5) is 3.99. The van der Waals surface area contributed by atoms with Crippen molar-refractivity contribution in [2.24, 2.45) is 0 Å². The molecule has 3 nitrogen and oxygen atoms in total. The first-order valence-corrected chi connectivity index (χ1v) is 4.33. The Kier molecular flexibility index (Phi) is 1.99. The molecule has 0 spiro atoms. The zero-order valence-electron chi connectivity index (χ0n) is 7.23. The van der Waals surface area contributed by atoms with Crippen LogP contribution in [0, 0.1) is 11.3 Å². The summed E-state index contributed by atoms with van der Waals surface area (Å²) in [5.74, 6) is 0. The van der Waals surface area contributed by atoms with Gasteiger partial charge < -0.3 is 4.74 Å². The Bertz CT molecular complexity index is 323. The number of nitrogens with zero attached hydrogens (tertiary/aromatic N) is 2. The first-order valence-electron chi connectivity index (χ1n) is 4.33. The highest BCUT2D eigenvalue weighted by molar-refractivity contribution is 5.27. The third-order valence-electron chi connectivity index (χ3n) is 2.33. The molecule has 0 amide bonds. The maximum absolute atomic E-state index is 9.07. The Morgan fingerprint density at radius 2 is 2.54 bits per heavy atom. The first-order chi connectivity index (χ1) is 6.37. The van der Waals surface area contributed by atoms with E-state index in [2.05, 4.69) is 11.1 Å². The third kappa shape index (κ3) is 1.30. The van der Waals surface area contributed by atoms with Gasteiger partial charge in [-0.3, -0.25) is 4.98 Å². The Balaban J connectivity index is 2.38. The van der Waals surface area contributed by atoms with Gasteiger partial charge in [-0.25, -0.2) is 0 Å². The van der Waals surface area contributed by atoms with Crippen molar-refractivity contribution in [3.05, 3.63) is 30.1 Å². The van der Waals surface area contributed by atoms with Crippen LogP contribution in [0.3, 0.4) is 0 Å².